The lowest BCUT2D eigenvalue weighted by molar-refractivity contribution is 0.537. The van der Waals surface area contributed by atoms with Gasteiger partial charge in [0.15, 0.2) is 0 Å². The average molecular weight is 192 g/mol. The quantitative estimate of drug-likeness (QED) is 0.679. The van der Waals surface area contributed by atoms with Crippen molar-refractivity contribution in [2.75, 3.05) is 0 Å². The zero-order valence-corrected chi connectivity index (χ0v) is 7.20. The van der Waals surface area contributed by atoms with E-state index in [1.54, 1.807) is 0 Å². The molecule has 4 heteroatoms. The van der Waals surface area contributed by atoms with Crippen LogP contribution >= 0.6 is 11.6 Å². The molecule has 0 radical (unpaired) electrons. The molecule has 2 N–H and O–H groups in total. The fourth-order valence-corrected chi connectivity index (χ4v) is 1.12. The number of hydrogen-bond acceptors (Lipinski definition) is 1. The Morgan fingerprint density at radius 2 is 2.00 bits per heavy atom. The molecule has 1 aromatic carbocycles. The van der Waals surface area contributed by atoms with Crippen LogP contribution in [0.15, 0.2) is 12.1 Å². The van der Waals surface area contributed by atoms with Crippen LogP contribution in [0.4, 0.5) is 8.78 Å². The first kappa shape index (κ1) is 9.42. The van der Waals surface area contributed by atoms with Crippen molar-refractivity contribution in [3.63, 3.8) is 0 Å². The molecule has 1 nitrogen and oxygen atoms in total. The summed E-state index contributed by atoms with van der Waals surface area (Å²) in [4.78, 5) is 0. The summed E-state index contributed by atoms with van der Waals surface area (Å²) in [6.45, 7) is 1.50. The highest BCUT2D eigenvalue weighted by Gasteiger charge is 2.15. The first-order valence-electron chi connectivity index (χ1n) is 3.43. The van der Waals surface area contributed by atoms with Gasteiger partial charge in [0.1, 0.15) is 11.6 Å². The van der Waals surface area contributed by atoms with E-state index in [4.69, 9.17) is 17.3 Å². The van der Waals surface area contributed by atoms with Crippen molar-refractivity contribution in [1.82, 2.24) is 0 Å². The van der Waals surface area contributed by atoms with E-state index >= 15 is 0 Å². The summed E-state index contributed by atoms with van der Waals surface area (Å²) in [7, 11) is 0. The predicted octanol–water partition coefficient (Wildman–Crippen LogP) is 2.64. The fourth-order valence-electron chi connectivity index (χ4n) is 0.960. The maximum absolute atomic E-state index is 13.1. The van der Waals surface area contributed by atoms with E-state index in [0.717, 1.165) is 12.1 Å². The summed E-state index contributed by atoms with van der Waals surface area (Å²) < 4.78 is 26.0. The molecular weight excluding hydrogens is 184 g/mol. The lowest BCUT2D eigenvalue weighted by Crippen LogP contribution is -2.10. The van der Waals surface area contributed by atoms with E-state index in [1.807, 2.05) is 0 Å². The highest BCUT2D eigenvalue weighted by Crippen LogP contribution is 2.24. The van der Waals surface area contributed by atoms with Gasteiger partial charge in [0, 0.05) is 11.6 Å². The van der Waals surface area contributed by atoms with Crippen molar-refractivity contribution in [3.05, 3.63) is 34.4 Å². The molecule has 0 saturated carbocycles. The van der Waals surface area contributed by atoms with Crippen molar-refractivity contribution < 1.29 is 8.78 Å². The molecule has 0 amide bonds. The Hall–Kier alpha value is -0.670. The van der Waals surface area contributed by atoms with E-state index in [2.05, 4.69) is 0 Å². The zero-order valence-electron chi connectivity index (χ0n) is 6.44. The van der Waals surface area contributed by atoms with Gasteiger partial charge in [-0.3, -0.25) is 0 Å². The van der Waals surface area contributed by atoms with Gasteiger partial charge in [-0.1, -0.05) is 11.6 Å². The minimum Gasteiger partial charge on any atom is -0.324 e. The van der Waals surface area contributed by atoms with Gasteiger partial charge in [-0.15, -0.1) is 0 Å². The molecule has 1 aromatic rings. The van der Waals surface area contributed by atoms with Crippen LogP contribution in [-0.4, -0.2) is 0 Å². The molecule has 1 atom stereocenters. The van der Waals surface area contributed by atoms with Gasteiger partial charge in [0.05, 0.1) is 5.02 Å². The maximum atomic E-state index is 13.1. The first-order valence-corrected chi connectivity index (χ1v) is 3.80. The van der Waals surface area contributed by atoms with E-state index < -0.39 is 17.7 Å². The van der Waals surface area contributed by atoms with Gasteiger partial charge in [-0.2, -0.15) is 0 Å². The second-order valence-corrected chi connectivity index (χ2v) is 2.95. The highest BCUT2D eigenvalue weighted by atomic mass is 35.5. The SMILES string of the molecule is CC(N)c1c(F)ccc(Cl)c1F. The highest BCUT2D eigenvalue weighted by molar-refractivity contribution is 6.30. The zero-order chi connectivity index (χ0) is 9.30. The van der Waals surface area contributed by atoms with Crippen molar-refractivity contribution in [1.29, 1.82) is 0 Å². The van der Waals surface area contributed by atoms with Crippen LogP contribution in [-0.2, 0) is 0 Å². The Labute approximate surface area is 74.1 Å². The molecule has 0 aliphatic rings. The Kier molecular flexibility index (Phi) is 2.65. The molecular formula is C8H8ClF2N. The molecule has 0 bridgehead atoms. The molecule has 0 aliphatic heterocycles. The molecule has 0 aromatic heterocycles. The van der Waals surface area contributed by atoms with Crippen LogP contribution < -0.4 is 5.73 Å². The Morgan fingerprint density at radius 1 is 1.42 bits per heavy atom. The number of hydrogen-bond donors (Lipinski definition) is 1. The standard InChI is InChI=1S/C8H8ClF2N/c1-4(12)7-6(10)3-2-5(9)8(7)11/h2-4H,12H2,1H3. The van der Waals surface area contributed by atoms with Crippen molar-refractivity contribution >= 4 is 11.6 Å². The van der Waals surface area contributed by atoms with Gasteiger partial charge in [-0.25, -0.2) is 8.78 Å². The molecule has 0 aliphatic carbocycles. The Morgan fingerprint density at radius 3 is 2.42 bits per heavy atom. The second-order valence-electron chi connectivity index (χ2n) is 2.55. The monoisotopic (exact) mass is 191 g/mol. The van der Waals surface area contributed by atoms with Gasteiger partial charge in [0.2, 0.25) is 0 Å². The first-order chi connectivity index (χ1) is 5.54. The molecule has 0 fully saturated rings. The molecule has 1 unspecified atom stereocenters. The average Bonchev–Trinajstić information content (AvgIpc) is 1.97. The van der Waals surface area contributed by atoms with Crippen LogP contribution in [0, 0.1) is 11.6 Å². The lowest BCUT2D eigenvalue weighted by Gasteiger charge is -2.08. The minimum atomic E-state index is -0.772. The normalized spacial score (nSPS) is 13.1. The van der Waals surface area contributed by atoms with Crippen LogP contribution in [0.3, 0.4) is 0 Å². The number of rotatable bonds is 1. The fraction of sp³-hybridized carbons (Fsp3) is 0.250. The van der Waals surface area contributed by atoms with Gasteiger partial charge >= 0.3 is 0 Å². The summed E-state index contributed by atoms with van der Waals surface area (Å²) in [5, 5.41) is -0.108. The Balaban J connectivity index is 3.33. The van der Waals surface area contributed by atoms with Gasteiger partial charge < -0.3 is 5.73 Å². The summed E-state index contributed by atoms with van der Waals surface area (Å²) in [6, 6.07) is 1.58. The van der Waals surface area contributed by atoms with Gasteiger partial charge in [0.25, 0.3) is 0 Å². The third kappa shape index (κ3) is 1.57. The third-order valence-corrected chi connectivity index (χ3v) is 1.83. The predicted molar refractivity (Wildman–Crippen MR) is 44.0 cm³/mol. The lowest BCUT2D eigenvalue weighted by atomic mass is 10.1. The van der Waals surface area contributed by atoms with Crippen LogP contribution in [0.2, 0.25) is 5.02 Å². The molecule has 0 saturated heterocycles. The minimum absolute atomic E-state index is 0.108. The Bertz CT molecular complexity index is 299. The third-order valence-electron chi connectivity index (χ3n) is 1.53. The second kappa shape index (κ2) is 3.37. The molecule has 1 rings (SSSR count). The molecule has 66 valence electrons. The van der Waals surface area contributed by atoms with Crippen molar-refractivity contribution in [3.8, 4) is 0 Å². The van der Waals surface area contributed by atoms with Crippen LogP contribution in [0.5, 0.6) is 0 Å². The summed E-state index contributed by atoms with van der Waals surface area (Å²) >= 11 is 5.43. The molecule has 12 heavy (non-hydrogen) atoms. The molecule has 0 heterocycles. The summed E-state index contributed by atoms with van der Waals surface area (Å²) in [6.07, 6.45) is 0. The topological polar surface area (TPSA) is 26.0 Å². The van der Waals surface area contributed by atoms with E-state index in [9.17, 15) is 8.78 Å². The van der Waals surface area contributed by atoms with Crippen molar-refractivity contribution in [2.45, 2.75) is 13.0 Å². The van der Waals surface area contributed by atoms with Crippen molar-refractivity contribution in [2.24, 2.45) is 5.73 Å². The number of benzene rings is 1. The van der Waals surface area contributed by atoms with E-state index in [0.29, 0.717) is 0 Å². The van der Waals surface area contributed by atoms with E-state index in [-0.39, 0.29) is 10.6 Å². The van der Waals surface area contributed by atoms with Crippen LogP contribution in [0.25, 0.3) is 0 Å². The maximum Gasteiger partial charge on any atom is 0.149 e. The number of halogens is 3. The smallest absolute Gasteiger partial charge is 0.149 e. The molecule has 0 spiro atoms. The van der Waals surface area contributed by atoms with Gasteiger partial charge in [-0.05, 0) is 19.1 Å². The number of nitrogens with two attached hydrogens (primary N) is 1. The van der Waals surface area contributed by atoms with E-state index in [1.165, 1.54) is 6.92 Å². The largest absolute Gasteiger partial charge is 0.324 e. The van der Waals surface area contributed by atoms with Crippen LogP contribution in [0.1, 0.15) is 18.5 Å². The summed E-state index contributed by atoms with van der Waals surface area (Å²) in [5.41, 5.74) is 5.18. The summed E-state index contributed by atoms with van der Waals surface area (Å²) in [5.74, 6) is -1.43.